The van der Waals surface area contributed by atoms with Crippen molar-refractivity contribution >= 4 is 5.91 Å². The summed E-state index contributed by atoms with van der Waals surface area (Å²) in [5.41, 5.74) is 1.95. The number of aliphatic hydroxyl groups excluding tert-OH is 10. The fourth-order valence-corrected chi connectivity index (χ4v) is 9.80. The number of ether oxygens (including phenoxy) is 8. The molecule has 12 aliphatic heterocycles. The van der Waals surface area contributed by atoms with Gasteiger partial charge in [0.05, 0.1) is 51.0 Å². The van der Waals surface area contributed by atoms with Crippen LogP contribution in [0.4, 0.5) is 0 Å². The molecule has 0 aliphatic carbocycles. The lowest BCUT2D eigenvalue weighted by atomic mass is 9.83. The number of hydrogen-bond donors (Lipinski definition) is 12. The Morgan fingerprint density at radius 3 is 1.31 bits per heavy atom. The molecular weight excluding hydrogens is 899 g/mol. The van der Waals surface area contributed by atoms with Gasteiger partial charge in [-0.2, -0.15) is 0 Å². The molecule has 12 rings (SSSR count). The highest BCUT2D eigenvalue weighted by atomic mass is 16.7. The number of aliphatic hydroxyl groups is 10. The zero-order valence-electron chi connectivity index (χ0n) is 39.0. The first-order valence-corrected chi connectivity index (χ1v) is 24.1. The lowest BCUT2D eigenvalue weighted by Crippen LogP contribution is -2.63. The van der Waals surface area contributed by atoms with E-state index in [0.717, 1.165) is 5.57 Å². The highest BCUT2D eigenvalue weighted by Gasteiger charge is 2.53. The van der Waals surface area contributed by atoms with Crippen LogP contribution in [0.3, 0.4) is 0 Å². The molecule has 0 aromatic rings. The standard InChI is InChI=1S/C46H77N3O19/c1-23(2)11-16-32(52)49(21-47-24(3)12-14-28-26-9-5-7-17-61-43-39(59)35(55)41(30(19-50)65-43)67-45(63-28)37(57)33(26)53)22-48-25(4)13-15-29-27-10-6-8-18-62-44-40(60)36(56)42(31(20-51)66-44)68-46(64-29)38(58)34(27)54/h26-31,33-48,50-51,53-60H,1,3-22H2,2H3/t26?,27?,28?,29?,30?,31?,33?,34?,35?,36?,37?,38?,39?,40?,41?,42?,43-,44-,45+,46+/m1/s1. The molecule has 8 bridgehead atoms. The van der Waals surface area contributed by atoms with Crippen LogP contribution in [-0.2, 0) is 42.7 Å². The molecule has 0 radical (unpaired) electrons. The van der Waals surface area contributed by atoms with Crippen molar-refractivity contribution in [1.29, 1.82) is 0 Å². The first-order valence-electron chi connectivity index (χ1n) is 24.1. The quantitative estimate of drug-likeness (QED) is 0.0556. The first kappa shape index (κ1) is 54.9. The SMILES string of the molecule is C=C(C)CCC(=O)N(CNC(=C)CCC1O[C@H]2OC3C(CO)O[C@@H](OCCCCC1C(O)C2O)C(O)C3O)CNC(=C)CCC1O[C@H]2OC3C(CO)O[C@@H](OCCCCC1C(O)C2O)C(O)C3O. The van der Waals surface area contributed by atoms with Crippen LogP contribution in [-0.4, -0.2) is 212 Å². The molecule has 0 aromatic heterocycles. The van der Waals surface area contributed by atoms with Gasteiger partial charge in [0.25, 0.3) is 0 Å². The van der Waals surface area contributed by atoms with Gasteiger partial charge in [0, 0.05) is 42.9 Å². The Labute approximate surface area is 397 Å². The van der Waals surface area contributed by atoms with Crippen molar-refractivity contribution in [3.05, 3.63) is 36.7 Å². The van der Waals surface area contributed by atoms with Crippen LogP contribution < -0.4 is 10.6 Å². The predicted molar refractivity (Wildman–Crippen MR) is 237 cm³/mol. The van der Waals surface area contributed by atoms with Crippen LogP contribution in [0.15, 0.2) is 36.7 Å². The van der Waals surface area contributed by atoms with Crippen LogP contribution >= 0.6 is 0 Å². The summed E-state index contributed by atoms with van der Waals surface area (Å²) >= 11 is 0. The van der Waals surface area contributed by atoms with Crippen LogP contribution in [0, 0.1) is 11.8 Å². The highest BCUT2D eigenvalue weighted by Crippen LogP contribution is 2.38. The smallest absolute Gasteiger partial charge is 0.225 e. The number of rotatable bonds is 17. The normalized spacial score (nSPS) is 41.3. The second-order valence-corrected chi connectivity index (χ2v) is 19.1. The number of amides is 1. The maximum absolute atomic E-state index is 13.6. The van der Waals surface area contributed by atoms with Crippen LogP contribution in [0.1, 0.15) is 84.0 Å². The third kappa shape index (κ3) is 13.7. The van der Waals surface area contributed by atoms with Gasteiger partial charge < -0.3 is 104 Å². The zero-order valence-corrected chi connectivity index (χ0v) is 39.0. The molecule has 16 unspecified atom stereocenters. The van der Waals surface area contributed by atoms with E-state index in [1.807, 2.05) is 6.92 Å². The van der Waals surface area contributed by atoms with E-state index in [2.05, 4.69) is 30.4 Å². The Kier molecular flexibility index (Phi) is 20.8. The maximum atomic E-state index is 13.6. The number of carbonyl (C=O) groups excluding carboxylic acids is 1. The molecule has 12 aliphatic rings. The molecule has 68 heavy (non-hydrogen) atoms. The molecule has 12 fully saturated rings. The summed E-state index contributed by atoms with van der Waals surface area (Å²) in [5, 5.41) is 115. The highest BCUT2D eigenvalue weighted by molar-refractivity contribution is 5.76. The van der Waals surface area contributed by atoms with E-state index in [9.17, 15) is 55.9 Å². The van der Waals surface area contributed by atoms with Gasteiger partial charge in [-0.25, -0.2) is 0 Å². The lowest BCUT2D eigenvalue weighted by molar-refractivity contribution is -0.356. The Morgan fingerprint density at radius 1 is 0.515 bits per heavy atom. The maximum Gasteiger partial charge on any atom is 0.225 e. The molecule has 390 valence electrons. The van der Waals surface area contributed by atoms with Gasteiger partial charge in [-0.05, 0) is 64.7 Å². The van der Waals surface area contributed by atoms with Gasteiger partial charge in [0.1, 0.15) is 61.0 Å². The van der Waals surface area contributed by atoms with E-state index in [0.29, 0.717) is 82.0 Å². The Bertz CT molecular complexity index is 1530. The molecule has 12 saturated heterocycles. The number of nitrogens with one attached hydrogen (secondary N) is 2. The van der Waals surface area contributed by atoms with E-state index in [4.69, 9.17) is 37.9 Å². The van der Waals surface area contributed by atoms with Gasteiger partial charge in [-0.1, -0.05) is 31.6 Å². The monoisotopic (exact) mass is 976 g/mol. The van der Waals surface area contributed by atoms with E-state index in [1.54, 1.807) is 4.90 Å². The summed E-state index contributed by atoms with van der Waals surface area (Å²) in [7, 11) is 0. The second-order valence-electron chi connectivity index (χ2n) is 19.1. The second kappa shape index (κ2) is 25.8. The molecule has 20 atom stereocenters. The lowest BCUT2D eigenvalue weighted by Gasteiger charge is -2.47. The number of carbonyl (C=O) groups is 1. The van der Waals surface area contributed by atoms with Crippen LogP contribution in [0.5, 0.6) is 0 Å². The summed E-state index contributed by atoms with van der Waals surface area (Å²) in [6, 6.07) is 0. The van der Waals surface area contributed by atoms with Gasteiger partial charge >= 0.3 is 0 Å². The fraction of sp³-hybridized carbons (Fsp3) is 0.848. The van der Waals surface area contributed by atoms with E-state index in [-0.39, 0.29) is 38.9 Å². The number of hydrogen-bond acceptors (Lipinski definition) is 21. The largest absolute Gasteiger partial charge is 0.394 e. The third-order valence-electron chi connectivity index (χ3n) is 14.0. The fourth-order valence-electron chi connectivity index (χ4n) is 9.80. The summed E-state index contributed by atoms with van der Waals surface area (Å²) < 4.78 is 47.2. The molecule has 1 amide bonds. The molecule has 0 saturated carbocycles. The van der Waals surface area contributed by atoms with Gasteiger partial charge in [0.2, 0.25) is 5.91 Å². The first-order chi connectivity index (χ1) is 32.5. The van der Waals surface area contributed by atoms with Crippen molar-refractivity contribution in [3.8, 4) is 0 Å². The summed E-state index contributed by atoms with van der Waals surface area (Å²) in [4.78, 5) is 15.1. The van der Waals surface area contributed by atoms with Crippen molar-refractivity contribution < 1.29 is 93.8 Å². The molecule has 12 N–H and O–H groups in total. The average Bonchev–Trinajstić information content (AvgIpc) is 3.32. The van der Waals surface area contributed by atoms with Crippen molar-refractivity contribution in [2.45, 2.75) is 195 Å². The minimum atomic E-state index is -1.56. The van der Waals surface area contributed by atoms with Crippen LogP contribution in [0.25, 0.3) is 0 Å². The van der Waals surface area contributed by atoms with E-state index in [1.165, 1.54) is 0 Å². The summed E-state index contributed by atoms with van der Waals surface area (Å²) in [6.45, 7) is 13.4. The molecule has 12 heterocycles. The van der Waals surface area contributed by atoms with Crippen molar-refractivity contribution in [1.82, 2.24) is 15.5 Å². The molecule has 22 nitrogen and oxygen atoms in total. The molecular formula is C46H77N3O19. The minimum Gasteiger partial charge on any atom is -0.394 e. The Balaban J connectivity index is 1.05. The van der Waals surface area contributed by atoms with Crippen molar-refractivity contribution in [3.63, 3.8) is 0 Å². The van der Waals surface area contributed by atoms with Crippen LogP contribution in [0.2, 0.25) is 0 Å². The minimum absolute atomic E-state index is 0.0588. The van der Waals surface area contributed by atoms with Gasteiger partial charge in [0.15, 0.2) is 25.2 Å². The Hall–Kier alpha value is -2.43. The van der Waals surface area contributed by atoms with E-state index < -0.39 is 136 Å². The van der Waals surface area contributed by atoms with Crippen molar-refractivity contribution in [2.24, 2.45) is 11.8 Å². The topological polar surface area (TPSA) is 321 Å². The van der Waals surface area contributed by atoms with E-state index >= 15 is 0 Å². The molecule has 22 heteroatoms. The number of allylic oxidation sites excluding steroid dienone is 3. The number of nitrogens with zero attached hydrogens (tertiary/aromatic N) is 1. The predicted octanol–water partition coefficient (Wildman–Crippen LogP) is -1.97. The molecule has 0 aromatic carbocycles. The summed E-state index contributed by atoms with van der Waals surface area (Å²) in [6.07, 6.45) is -18.0. The van der Waals surface area contributed by atoms with Crippen molar-refractivity contribution in [2.75, 3.05) is 39.8 Å². The average molecular weight is 976 g/mol. The third-order valence-corrected chi connectivity index (χ3v) is 14.0. The van der Waals surface area contributed by atoms with Gasteiger partial charge in [-0.15, -0.1) is 6.58 Å². The molecule has 0 spiro atoms. The Morgan fingerprint density at radius 2 is 0.912 bits per heavy atom. The zero-order chi connectivity index (χ0) is 49.2. The van der Waals surface area contributed by atoms with Gasteiger partial charge in [-0.3, -0.25) is 4.79 Å². The summed E-state index contributed by atoms with van der Waals surface area (Å²) in [5.74, 6) is -1.19.